The van der Waals surface area contributed by atoms with Gasteiger partial charge in [0.15, 0.2) is 0 Å². The van der Waals surface area contributed by atoms with Crippen LogP contribution >= 0.6 is 11.6 Å². The molecule has 0 radical (unpaired) electrons. The van der Waals surface area contributed by atoms with Gasteiger partial charge in [-0.05, 0) is 42.3 Å². The second-order valence-corrected chi connectivity index (χ2v) is 5.80. The van der Waals surface area contributed by atoms with E-state index in [0.29, 0.717) is 17.7 Å². The SMILES string of the molecule is CCCNC(=O)c1cccc(COc2ccc(C(F)(F)F)cc2Cl)c1. The zero-order valence-electron chi connectivity index (χ0n) is 13.5. The molecule has 2 aromatic rings. The summed E-state index contributed by atoms with van der Waals surface area (Å²) in [6.07, 6.45) is -3.62. The molecule has 7 heteroatoms. The molecule has 2 rings (SSSR count). The van der Waals surface area contributed by atoms with Gasteiger partial charge < -0.3 is 10.1 Å². The third kappa shape index (κ3) is 5.39. The first-order valence-electron chi connectivity index (χ1n) is 7.68. The zero-order chi connectivity index (χ0) is 18.4. The van der Waals surface area contributed by atoms with Crippen molar-refractivity contribution in [1.82, 2.24) is 5.32 Å². The van der Waals surface area contributed by atoms with Gasteiger partial charge in [-0.25, -0.2) is 0 Å². The van der Waals surface area contributed by atoms with Crippen LogP contribution in [-0.4, -0.2) is 12.5 Å². The van der Waals surface area contributed by atoms with E-state index in [1.165, 1.54) is 6.07 Å². The molecule has 3 nitrogen and oxygen atoms in total. The predicted octanol–water partition coefficient (Wildman–Crippen LogP) is 5.08. The van der Waals surface area contributed by atoms with Gasteiger partial charge in [-0.3, -0.25) is 4.79 Å². The van der Waals surface area contributed by atoms with E-state index in [0.717, 1.165) is 18.6 Å². The summed E-state index contributed by atoms with van der Waals surface area (Å²) in [5.74, 6) is -0.0354. The Bertz CT molecular complexity index is 747. The summed E-state index contributed by atoms with van der Waals surface area (Å²) in [5.41, 5.74) is 0.368. The van der Waals surface area contributed by atoms with Crippen molar-refractivity contribution in [3.63, 3.8) is 0 Å². The van der Waals surface area contributed by atoms with E-state index >= 15 is 0 Å². The first-order chi connectivity index (χ1) is 11.8. The molecule has 0 atom stereocenters. The third-order valence-corrected chi connectivity index (χ3v) is 3.67. The molecule has 0 saturated heterocycles. The predicted molar refractivity (Wildman–Crippen MR) is 89.9 cm³/mol. The summed E-state index contributed by atoms with van der Waals surface area (Å²) >= 11 is 5.85. The van der Waals surface area contributed by atoms with Gasteiger partial charge in [0, 0.05) is 12.1 Å². The average Bonchev–Trinajstić information content (AvgIpc) is 2.58. The van der Waals surface area contributed by atoms with Crippen molar-refractivity contribution in [2.75, 3.05) is 6.54 Å². The maximum atomic E-state index is 12.6. The average molecular weight is 372 g/mol. The number of hydrogen-bond acceptors (Lipinski definition) is 2. The van der Waals surface area contributed by atoms with Crippen molar-refractivity contribution in [1.29, 1.82) is 0 Å². The highest BCUT2D eigenvalue weighted by Gasteiger charge is 2.31. The Morgan fingerprint density at radius 3 is 2.60 bits per heavy atom. The van der Waals surface area contributed by atoms with Gasteiger partial charge in [-0.2, -0.15) is 13.2 Å². The summed E-state index contributed by atoms with van der Waals surface area (Å²) in [5, 5.41) is 2.65. The van der Waals surface area contributed by atoms with Crippen LogP contribution in [0, 0.1) is 0 Å². The first-order valence-corrected chi connectivity index (χ1v) is 8.05. The number of ether oxygens (including phenoxy) is 1. The Balaban J connectivity index is 2.05. The molecule has 0 aliphatic heterocycles. The number of amides is 1. The lowest BCUT2D eigenvalue weighted by Gasteiger charge is -2.12. The Morgan fingerprint density at radius 2 is 1.96 bits per heavy atom. The highest BCUT2D eigenvalue weighted by Crippen LogP contribution is 2.34. The quantitative estimate of drug-likeness (QED) is 0.769. The van der Waals surface area contributed by atoms with E-state index in [1.54, 1.807) is 24.3 Å². The van der Waals surface area contributed by atoms with E-state index in [1.807, 2.05) is 6.92 Å². The fraction of sp³-hybridized carbons (Fsp3) is 0.278. The molecule has 0 saturated carbocycles. The van der Waals surface area contributed by atoms with Crippen LogP contribution in [0.1, 0.15) is 34.8 Å². The summed E-state index contributed by atoms with van der Waals surface area (Å²) < 4.78 is 43.3. The van der Waals surface area contributed by atoms with Gasteiger partial charge in [0.1, 0.15) is 12.4 Å². The van der Waals surface area contributed by atoms with Gasteiger partial charge in [-0.1, -0.05) is 30.7 Å². The minimum Gasteiger partial charge on any atom is -0.487 e. The smallest absolute Gasteiger partial charge is 0.416 e. The second-order valence-electron chi connectivity index (χ2n) is 5.39. The fourth-order valence-electron chi connectivity index (χ4n) is 2.10. The van der Waals surface area contributed by atoms with Crippen LogP contribution in [0.25, 0.3) is 0 Å². The van der Waals surface area contributed by atoms with Gasteiger partial charge in [0.25, 0.3) is 5.91 Å². The molecule has 0 heterocycles. The van der Waals surface area contributed by atoms with E-state index in [-0.39, 0.29) is 23.3 Å². The van der Waals surface area contributed by atoms with Gasteiger partial charge >= 0.3 is 6.18 Å². The monoisotopic (exact) mass is 371 g/mol. The number of alkyl halides is 3. The molecule has 0 aliphatic carbocycles. The van der Waals surface area contributed by atoms with Crippen molar-refractivity contribution in [2.24, 2.45) is 0 Å². The number of benzene rings is 2. The molecule has 1 N–H and O–H groups in total. The van der Waals surface area contributed by atoms with Crippen molar-refractivity contribution in [3.8, 4) is 5.75 Å². The number of hydrogen-bond donors (Lipinski definition) is 1. The zero-order valence-corrected chi connectivity index (χ0v) is 14.2. The van der Waals surface area contributed by atoms with Crippen LogP contribution in [0.3, 0.4) is 0 Å². The van der Waals surface area contributed by atoms with E-state index in [4.69, 9.17) is 16.3 Å². The minimum atomic E-state index is -4.46. The number of carbonyl (C=O) groups excluding carboxylic acids is 1. The highest BCUT2D eigenvalue weighted by atomic mass is 35.5. The summed E-state index contributed by atoms with van der Waals surface area (Å²) in [6, 6.07) is 9.75. The van der Waals surface area contributed by atoms with Crippen LogP contribution < -0.4 is 10.1 Å². The van der Waals surface area contributed by atoms with Crippen molar-refractivity contribution >= 4 is 17.5 Å². The van der Waals surface area contributed by atoms with Crippen LogP contribution in [0.15, 0.2) is 42.5 Å². The van der Waals surface area contributed by atoms with Crippen molar-refractivity contribution < 1.29 is 22.7 Å². The number of nitrogens with one attached hydrogen (secondary N) is 1. The van der Waals surface area contributed by atoms with Gasteiger partial charge in [-0.15, -0.1) is 0 Å². The largest absolute Gasteiger partial charge is 0.487 e. The molecule has 1 amide bonds. The Morgan fingerprint density at radius 1 is 1.20 bits per heavy atom. The molecule has 25 heavy (non-hydrogen) atoms. The fourth-order valence-corrected chi connectivity index (χ4v) is 2.33. The van der Waals surface area contributed by atoms with E-state index in [2.05, 4.69) is 5.32 Å². The van der Waals surface area contributed by atoms with Crippen molar-refractivity contribution in [2.45, 2.75) is 26.1 Å². The number of halogens is 4. The summed E-state index contributed by atoms with van der Waals surface area (Å²) in [7, 11) is 0. The second kappa shape index (κ2) is 8.25. The standard InChI is InChI=1S/C18H17ClF3NO2/c1-2-8-23-17(24)13-5-3-4-12(9-13)11-25-16-7-6-14(10-15(16)19)18(20,21)22/h3-7,9-10H,2,8,11H2,1H3,(H,23,24). The normalized spacial score (nSPS) is 11.2. The molecule has 0 fully saturated rings. The summed E-state index contributed by atoms with van der Waals surface area (Å²) in [6.45, 7) is 2.62. The molecule has 2 aromatic carbocycles. The topological polar surface area (TPSA) is 38.3 Å². The van der Waals surface area contributed by atoms with Crippen LogP contribution in [0.2, 0.25) is 5.02 Å². The molecule has 0 spiro atoms. The molecule has 0 aromatic heterocycles. The van der Waals surface area contributed by atoms with Crippen LogP contribution in [0.4, 0.5) is 13.2 Å². The van der Waals surface area contributed by atoms with Crippen molar-refractivity contribution in [3.05, 3.63) is 64.2 Å². The number of carbonyl (C=O) groups is 1. The lowest BCUT2D eigenvalue weighted by molar-refractivity contribution is -0.137. The highest BCUT2D eigenvalue weighted by molar-refractivity contribution is 6.32. The Labute approximate surface area is 148 Å². The van der Waals surface area contributed by atoms with E-state index < -0.39 is 11.7 Å². The molecule has 134 valence electrons. The first kappa shape index (κ1) is 19.1. The molecule has 0 unspecified atom stereocenters. The maximum Gasteiger partial charge on any atom is 0.416 e. The lowest BCUT2D eigenvalue weighted by Crippen LogP contribution is -2.24. The molecular formula is C18H17ClF3NO2. The van der Waals surface area contributed by atoms with Crippen LogP contribution in [0.5, 0.6) is 5.75 Å². The number of rotatable bonds is 6. The minimum absolute atomic E-state index is 0.0833. The van der Waals surface area contributed by atoms with Crippen LogP contribution in [-0.2, 0) is 12.8 Å². The maximum absolute atomic E-state index is 12.6. The van der Waals surface area contributed by atoms with Gasteiger partial charge in [0.05, 0.1) is 10.6 Å². The molecule has 0 aliphatic rings. The molecular weight excluding hydrogens is 355 g/mol. The Hall–Kier alpha value is -2.21. The van der Waals surface area contributed by atoms with E-state index in [9.17, 15) is 18.0 Å². The lowest BCUT2D eigenvalue weighted by atomic mass is 10.1. The van der Waals surface area contributed by atoms with Gasteiger partial charge in [0.2, 0.25) is 0 Å². The Kier molecular flexibility index (Phi) is 6.31. The third-order valence-electron chi connectivity index (χ3n) is 3.38. The summed E-state index contributed by atoms with van der Waals surface area (Å²) in [4.78, 5) is 11.9. The molecule has 0 bridgehead atoms.